The molecule has 0 aliphatic rings. The van der Waals surface area contributed by atoms with Crippen molar-refractivity contribution in [2.75, 3.05) is 0 Å². The lowest BCUT2D eigenvalue weighted by molar-refractivity contribution is -0.118. The number of imidazole rings is 1. The second-order valence-corrected chi connectivity index (χ2v) is 5.42. The molecular weight excluding hydrogens is 281 g/mol. The molecule has 0 fully saturated rings. The molecule has 0 radical (unpaired) electrons. The Hall–Kier alpha value is -1.62. The molecule has 0 saturated heterocycles. The molecule has 2 aromatic rings. The number of hydrogen-bond donors (Lipinski definition) is 1. The number of primary amides is 1. The second kappa shape index (κ2) is 6.22. The van der Waals surface area contributed by atoms with Gasteiger partial charge in [0.25, 0.3) is 0 Å². The Balaban J connectivity index is 2.27. The molecule has 0 aliphatic carbocycles. The normalized spacial score (nSPS) is 12.8. The van der Waals surface area contributed by atoms with Crippen molar-refractivity contribution in [3.8, 4) is 0 Å². The molecule has 4 nitrogen and oxygen atoms in total. The van der Waals surface area contributed by atoms with Crippen molar-refractivity contribution < 1.29 is 9.18 Å². The fourth-order valence-corrected chi connectivity index (χ4v) is 2.41. The first-order chi connectivity index (χ1) is 9.50. The van der Waals surface area contributed by atoms with Gasteiger partial charge in [-0.1, -0.05) is 6.07 Å². The van der Waals surface area contributed by atoms with Crippen molar-refractivity contribution in [2.24, 2.45) is 5.73 Å². The highest BCUT2D eigenvalue weighted by Gasteiger charge is 2.16. The molecule has 1 aromatic carbocycles. The van der Waals surface area contributed by atoms with Crippen molar-refractivity contribution in [2.45, 2.75) is 38.1 Å². The zero-order valence-electron chi connectivity index (χ0n) is 11.3. The lowest BCUT2D eigenvalue weighted by Gasteiger charge is -2.10. The minimum atomic E-state index is -0.350. The van der Waals surface area contributed by atoms with Gasteiger partial charge in [0.1, 0.15) is 11.3 Å². The number of unbranched alkanes of at least 4 members (excludes halogenated alkanes) is 1. The number of carbonyl (C=O) groups excluding carboxylic acids is 1. The highest BCUT2D eigenvalue weighted by Crippen LogP contribution is 2.26. The van der Waals surface area contributed by atoms with Gasteiger partial charge in [-0.25, -0.2) is 9.37 Å². The fraction of sp³-hybridized carbons (Fsp3) is 0.429. The Morgan fingerprint density at radius 1 is 1.50 bits per heavy atom. The summed E-state index contributed by atoms with van der Waals surface area (Å²) in [7, 11) is 0. The molecule has 1 heterocycles. The van der Waals surface area contributed by atoms with Crippen LogP contribution in [0.5, 0.6) is 0 Å². The zero-order chi connectivity index (χ0) is 14.7. The highest BCUT2D eigenvalue weighted by molar-refractivity contribution is 6.20. The lowest BCUT2D eigenvalue weighted by Crippen LogP contribution is -2.11. The van der Waals surface area contributed by atoms with Gasteiger partial charge in [0, 0.05) is 13.0 Å². The van der Waals surface area contributed by atoms with Crippen LogP contribution < -0.4 is 5.73 Å². The molecule has 1 amide bonds. The van der Waals surface area contributed by atoms with E-state index in [2.05, 4.69) is 4.98 Å². The fourth-order valence-electron chi connectivity index (χ4n) is 2.24. The van der Waals surface area contributed by atoms with Crippen LogP contribution in [0.1, 0.15) is 37.4 Å². The Bertz CT molecular complexity index is 624. The third-order valence-corrected chi connectivity index (χ3v) is 3.37. The zero-order valence-corrected chi connectivity index (χ0v) is 12.0. The summed E-state index contributed by atoms with van der Waals surface area (Å²) < 4.78 is 15.7. The molecular formula is C14H17ClFN3O. The Labute approximate surface area is 121 Å². The monoisotopic (exact) mass is 297 g/mol. The van der Waals surface area contributed by atoms with Gasteiger partial charge >= 0.3 is 0 Å². The van der Waals surface area contributed by atoms with Gasteiger partial charge in [0.2, 0.25) is 5.91 Å². The first-order valence-corrected chi connectivity index (χ1v) is 7.01. The predicted molar refractivity (Wildman–Crippen MR) is 77.0 cm³/mol. The number of benzene rings is 1. The number of alkyl halides is 1. The Kier molecular flexibility index (Phi) is 4.60. The van der Waals surface area contributed by atoms with E-state index >= 15 is 0 Å². The van der Waals surface area contributed by atoms with Crippen LogP contribution in [0.4, 0.5) is 4.39 Å². The van der Waals surface area contributed by atoms with Crippen molar-refractivity contribution >= 4 is 28.5 Å². The van der Waals surface area contributed by atoms with Crippen LogP contribution in [0.15, 0.2) is 18.2 Å². The molecule has 1 aromatic heterocycles. The third kappa shape index (κ3) is 3.10. The number of aryl methyl sites for hydroxylation is 1. The van der Waals surface area contributed by atoms with E-state index < -0.39 is 0 Å². The molecule has 0 aliphatic heterocycles. The third-order valence-electron chi connectivity index (χ3n) is 3.17. The summed E-state index contributed by atoms with van der Waals surface area (Å²) in [6, 6.07) is 4.86. The first-order valence-electron chi connectivity index (χ1n) is 6.57. The summed E-state index contributed by atoms with van der Waals surface area (Å²) in [6.45, 7) is 2.44. The van der Waals surface area contributed by atoms with Crippen LogP contribution in [0.25, 0.3) is 11.0 Å². The van der Waals surface area contributed by atoms with Gasteiger partial charge in [0.05, 0.1) is 10.9 Å². The minimum absolute atomic E-state index is 0.307. The summed E-state index contributed by atoms with van der Waals surface area (Å²) in [6.07, 6.45) is 1.81. The molecule has 0 bridgehead atoms. The van der Waals surface area contributed by atoms with Crippen molar-refractivity contribution in [1.82, 2.24) is 9.55 Å². The van der Waals surface area contributed by atoms with Crippen molar-refractivity contribution in [1.29, 1.82) is 0 Å². The summed E-state index contributed by atoms with van der Waals surface area (Å²) in [4.78, 5) is 15.0. The summed E-state index contributed by atoms with van der Waals surface area (Å²) >= 11 is 6.12. The van der Waals surface area contributed by atoms with Crippen LogP contribution >= 0.6 is 11.6 Å². The number of nitrogens with zero attached hydrogens (tertiary/aromatic N) is 2. The molecule has 1 unspecified atom stereocenters. The predicted octanol–water partition coefficient (Wildman–Crippen LogP) is 3.13. The molecule has 2 rings (SSSR count). The lowest BCUT2D eigenvalue weighted by atomic mass is 10.2. The van der Waals surface area contributed by atoms with Gasteiger partial charge in [-0.2, -0.15) is 0 Å². The Morgan fingerprint density at radius 3 is 2.90 bits per heavy atom. The number of fused-ring (bicyclic) bond motifs is 1. The van der Waals surface area contributed by atoms with Gasteiger partial charge in [-0.15, -0.1) is 11.6 Å². The highest BCUT2D eigenvalue weighted by atomic mass is 35.5. The minimum Gasteiger partial charge on any atom is -0.370 e. The van der Waals surface area contributed by atoms with Gasteiger partial charge in [-0.05, 0) is 31.9 Å². The number of amides is 1. The SMILES string of the molecule is CC(Cl)c1nc2c(F)cccc2n1CCCCC(N)=O. The molecule has 0 spiro atoms. The van der Waals surface area contributed by atoms with Crippen LogP contribution in [0.3, 0.4) is 0 Å². The van der Waals surface area contributed by atoms with E-state index in [9.17, 15) is 9.18 Å². The van der Waals surface area contributed by atoms with Crippen LogP contribution in [-0.2, 0) is 11.3 Å². The maximum atomic E-state index is 13.8. The quantitative estimate of drug-likeness (QED) is 0.658. The maximum absolute atomic E-state index is 13.8. The Morgan fingerprint density at radius 2 is 2.25 bits per heavy atom. The standard InChI is InChI=1S/C14H17ClFN3O/c1-9(15)14-18-13-10(16)5-4-6-11(13)19(14)8-3-2-7-12(17)20/h4-6,9H,2-3,7-8H2,1H3,(H2,17,20). The molecule has 0 saturated carbocycles. The first kappa shape index (κ1) is 14.8. The summed E-state index contributed by atoms with van der Waals surface area (Å²) in [5.74, 6) is -0.0136. The number of para-hydroxylation sites is 1. The molecule has 2 N–H and O–H groups in total. The largest absolute Gasteiger partial charge is 0.370 e. The average Bonchev–Trinajstić information content (AvgIpc) is 2.75. The maximum Gasteiger partial charge on any atom is 0.217 e. The molecule has 1 atom stereocenters. The number of halogens is 2. The number of aromatic nitrogens is 2. The summed E-state index contributed by atoms with van der Waals surface area (Å²) in [5, 5.41) is -0.307. The van der Waals surface area contributed by atoms with E-state index in [4.69, 9.17) is 17.3 Å². The van der Waals surface area contributed by atoms with Crippen LogP contribution in [0.2, 0.25) is 0 Å². The van der Waals surface area contributed by atoms with E-state index in [1.54, 1.807) is 13.0 Å². The van der Waals surface area contributed by atoms with Gasteiger partial charge < -0.3 is 10.3 Å². The van der Waals surface area contributed by atoms with Gasteiger partial charge in [0.15, 0.2) is 5.82 Å². The van der Waals surface area contributed by atoms with Crippen molar-refractivity contribution in [3.05, 3.63) is 29.8 Å². The summed E-state index contributed by atoms with van der Waals surface area (Å²) in [5.41, 5.74) is 6.18. The van der Waals surface area contributed by atoms with Gasteiger partial charge in [-0.3, -0.25) is 4.79 Å². The molecule has 6 heteroatoms. The topological polar surface area (TPSA) is 60.9 Å². The van der Waals surface area contributed by atoms with Crippen LogP contribution in [-0.4, -0.2) is 15.5 Å². The number of hydrogen-bond acceptors (Lipinski definition) is 2. The smallest absolute Gasteiger partial charge is 0.217 e. The second-order valence-electron chi connectivity index (χ2n) is 4.77. The average molecular weight is 298 g/mol. The van der Waals surface area contributed by atoms with Crippen molar-refractivity contribution in [3.63, 3.8) is 0 Å². The molecule has 20 heavy (non-hydrogen) atoms. The number of carbonyl (C=O) groups is 1. The van der Waals surface area contributed by atoms with Crippen LogP contribution in [0, 0.1) is 5.82 Å². The van der Waals surface area contributed by atoms with E-state index in [0.29, 0.717) is 30.7 Å². The number of nitrogens with two attached hydrogens (primary N) is 1. The van der Waals surface area contributed by atoms with E-state index in [0.717, 1.165) is 11.9 Å². The van der Waals surface area contributed by atoms with E-state index in [-0.39, 0.29) is 17.1 Å². The molecule has 108 valence electrons. The van der Waals surface area contributed by atoms with E-state index in [1.165, 1.54) is 6.07 Å². The van der Waals surface area contributed by atoms with E-state index in [1.807, 2.05) is 10.6 Å². The number of rotatable bonds is 6.